The Kier molecular flexibility index (Phi) is 5.87. The van der Waals surface area contributed by atoms with Crippen LogP contribution in [0, 0.1) is 35.6 Å². The van der Waals surface area contributed by atoms with E-state index in [1.807, 2.05) is 20.8 Å². The smallest absolute Gasteiger partial charge is 0.196 e. The SMILES string of the molecule is C=C(CNSc1c(F)c(C)c(F)c(F)c1F)CC(C)(C)C. The molecule has 1 rings (SSSR count). The van der Waals surface area contributed by atoms with Crippen LogP contribution in [0.15, 0.2) is 17.0 Å². The molecule has 0 atom stereocenters. The summed E-state index contributed by atoms with van der Waals surface area (Å²) in [5, 5.41) is 0. The van der Waals surface area contributed by atoms with Gasteiger partial charge in [-0.25, -0.2) is 17.6 Å². The topological polar surface area (TPSA) is 12.0 Å². The first kappa shape index (κ1) is 18.0. The van der Waals surface area contributed by atoms with Crippen LogP contribution in [0.5, 0.6) is 0 Å². The van der Waals surface area contributed by atoms with Crippen LogP contribution in [0.1, 0.15) is 32.8 Å². The minimum absolute atomic E-state index is 0.0541. The Bertz CT molecular complexity index is 521. The molecule has 1 nitrogen and oxygen atoms in total. The Morgan fingerprint density at radius 2 is 1.62 bits per heavy atom. The van der Waals surface area contributed by atoms with Gasteiger partial charge in [-0.05, 0) is 30.7 Å². The molecule has 0 aliphatic rings. The molecule has 0 aromatic heterocycles. The lowest BCUT2D eigenvalue weighted by molar-refractivity contribution is 0.406. The van der Waals surface area contributed by atoms with Crippen molar-refractivity contribution in [3.8, 4) is 0 Å². The standard InChI is InChI=1S/C15H19F4NS/c1-8(6-15(3,4)5)7-20-21-14-11(17)9(2)10(16)12(18)13(14)19/h20H,1,6-7H2,2-5H3. The minimum Gasteiger partial charge on any atom is -0.256 e. The van der Waals surface area contributed by atoms with Crippen molar-refractivity contribution in [1.82, 2.24) is 4.72 Å². The van der Waals surface area contributed by atoms with Gasteiger partial charge in [0, 0.05) is 12.1 Å². The first-order chi connectivity index (χ1) is 9.54. The Morgan fingerprint density at radius 3 is 2.14 bits per heavy atom. The number of benzene rings is 1. The molecule has 0 amide bonds. The summed E-state index contributed by atoms with van der Waals surface area (Å²) < 4.78 is 56.5. The lowest BCUT2D eigenvalue weighted by Gasteiger charge is -2.19. The maximum atomic E-state index is 13.8. The van der Waals surface area contributed by atoms with E-state index >= 15 is 0 Å². The summed E-state index contributed by atoms with van der Waals surface area (Å²) in [6.07, 6.45) is 0.738. The predicted octanol–water partition coefficient (Wildman–Crippen LogP) is 5.14. The van der Waals surface area contributed by atoms with Gasteiger partial charge in [0.1, 0.15) is 5.82 Å². The van der Waals surface area contributed by atoms with Crippen molar-refractivity contribution >= 4 is 11.9 Å². The Hall–Kier alpha value is -1.01. The average Bonchev–Trinajstić information content (AvgIpc) is 2.36. The maximum Gasteiger partial charge on any atom is 0.196 e. The fourth-order valence-corrected chi connectivity index (χ4v) is 2.68. The maximum absolute atomic E-state index is 13.8. The molecule has 21 heavy (non-hydrogen) atoms. The lowest BCUT2D eigenvalue weighted by atomic mass is 9.88. The van der Waals surface area contributed by atoms with Crippen LogP contribution in [0.25, 0.3) is 0 Å². The summed E-state index contributed by atoms with van der Waals surface area (Å²) in [6.45, 7) is 11.4. The summed E-state index contributed by atoms with van der Waals surface area (Å²) in [5.41, 5.74) is 0.375. The minimum atomic E-state index is -1.66. The molecule has 1 aromatic rings. The molecule has 1 aromatic carbocycles. The van der Waals surface area contributed by atoms with E-state index in [-0.39, 0.29) is 5.41 Å². The summed E-state index contributed by atoms with van der Waals surface area (Å²) in [7, 11) is 0. The Balaban J connectivity index is 2.75. The Labute approximate surface area is 126 Å². The van der Waals surface area contributed by atoms with Crippen molar-refractivity contribution in [3.63, 3.8) is 0 Å². The van der Waals surface area contributed by atoms with Gasteiger partial charge in [-0.15, -0.1) is 0 Å². The summed E-state index contributed by atoms with van der Waals surface area (Å²) in [6, 6.07) is 0. The zero-order chi connectivity index (χ0) is 16.4. The van der Waals surface area contributed by atoms with E-state index in [1.54, 1.807) is 0 Å². The van der Waals surface area contributed by atoms with Crippen molar-refractivity contribution < 1.29 is 17.6 Å². The van der Waals surface area contributed by atoms with Crippen LogP contribution in [0.3, 0.4) is 0 Å². The second-order valence-corrected chi connectivity index (χ2v) is 7.02. The molecule has 1 N–H and O–H groups in total. The van der Waals surface area contributed by atoms with Crippen LogP contribution < -0.4 is 4.72 Å². The van der Waals surface area contributed by atoms with Crippen LogP contribution in [-0.2, 0) is 0 Å². The van der Waals surface area contributed by atoms with E-state index < -0.39 is 33.7 Å². The number of halogens is 4. The third-order valence-electron chi connectivity index (χ3n) is 2.72. The summed E-state index contributed by atoms with van der Waals surface area (Å²) in [4.78, 5) is -0.574. The molecule has 118 valence electrons. The first-order valence-electron chi connectivity index (χ1n) is 6.43. The van der Waals surface area contributed by atoms with E-state index in [2.05, 4.69) is 11.3 Å². The quantitative estimate of drug-likeness (QED) is 0.265. The monoisotopic (exact) mass is 321 g/mol. The third kappa shape index (κ3) is 4.74. The van der Waals surface area contributed by atoms with Gasteiger partial charge in [0.25, 0.3) is 0 Å². The van der Waals surface area contributed by atoms with E-state index in [4.69, 9.17) is 0 Å². The molecule has 0 radical (unpaired) electrons. The molecular formula is C15H19F4NS. The highest BCUT2D eigenvalue weighted by molar-refractivity contribution is 7.97. The number of nitrogens with one attached hydrogen (secondary N) is 1. The van der Waals surface area contributed by atoms with E-state index in [0.29, 0.717) is 18.5 Å². The number of rotatable bonds is 5. The lowest BCUT2D eigenvalue weighted by Crippen LogP contribution is -2.15. The van der Waals surface area contributed by atoms with Crippen LogP contribution >= 0.6 is 11.9 Å². The fourth-order valence-electron chi connectivity index (χ4n) is 1.84. The van der Waals surface area contributed by atoms with Crippen molar-refractivity contribution in [3.05, 3.63) is 41.0 Å². The number of hydrogen-bond acceptors (Lipinski definition) is 2. The molecule has 0 saturated heterocycles. The second kappa shape index (κ2) is 6.83. The van der Waals surface area contributed by atoms with Crippen LogP contribution in [0.4, 0.5) is 17.6 Å². The molecule has 0 aliphatic heterocycles. The van der Waals surface area contributed by atoms with Crippen LogP contribution in [-0.4, -0.2) is 6.54 Å². The van der Waals surface area contributed by atoms with Crippen molar-refractivity contribution in [2.45, 2.75) is 39.0 Å². The van der Waals surface area contributed by atoms with Gasteiger partial charge in [0.15, 0.2) is 17.5 Å². The van der Waals surface area contributed by atoms with Gasteiger partial charge in [-0.2, -0.15) is 0 Å². The van der Waals surface area contributed by atoms with Crippen molar-refractivity contribution in [2.75, 3.05) is 6.54 Å². The van der Waals surface area contributed by atoms with Gasteiger partial charge in [0.2, 0.25) is 0 Å². The molecule has 6 heteroatoms. The normalized spacial score (nSPS) is 11.8. The van der Waals surface area contributed by atoms with Gasteiger partial charge < -0.3 is 0 Å². The molecule has 0 saturated carbocycles. The van der Waals surface area contributed by atoms with Gasteiger partial charge in [-0.3, -0.25) is 4.72 Å². The molecule has 0 bridgehead atoms. The number of hydrogen-bond donors (Lipinski definition) is 1. The van der Waals surface area contributed by atoms with Crippen LogP contribution in [0.2, 0.25) is 0 Å². The average molecular weight is 321 g/mol. The van der Waals surface area contributed by atoms with E-state index in [0.717, 1.165) is 18.9 Å². The summed E-state index contributed by atoms with van der Waals surface area (Å²) >= 11 is 0.598. The molecule has 0 heterocycles. The first-order valence-corrected chi connectivity index (χ1v) is 7.25. The van der Waals surface area contributed by atoms with E-state index in [9.17, 15) is 17.6 Å². The molecule has 0 spiro atoms. The molecular weight excluding hydrogens is 302 g/mol. The third-order valence-corrected chi connectivity index (χ3v) is 3.57. The van der Waals surface area contributed by atoms with E-state index in [1.165, 1.54) is 0 Å². The predicted molar refractivity (Wildman–Crippen MR) is 78.1 cm³/mol. The van der Waals surface area contributed by atoms with Crippen molar-refractivity contribution in [1.29, 1.82) is 0 Å². The highest BCUT2D eigenvalue weighted by Gasteiger charge is 2.23. The van der Waals surface area contributed by atoms with Gasteiger partial charge >= 0.3 is 0 Å². The zero-order valence-electron chi connectivity index (χ0n) is 12.5. The molecule has 0 unspecified atom stereocenters. The highest BCUT2D eigenvalue weighted by atomic mass is 32.2. The van der Waals surface area contributed by atoms with Crippen molar-refractivity contribution in [2.24, 2.45) is 5.41 Å². The Morgan fingerprint density at radius 1 is 1.05 bits per heavy atom. The van der Waals surface area contributed by atoms with Gasteiger partial charge in [-0.1, -0.05) is 32.9 Å². The fraction of sp³-hybridized carbons (Fsp3) is 0.467. The molecule has 0 aliphatic carbocycles. The summed E-state index contributed by atoms with van der Waals surface area (Å²) in [5.74, 6) is -5.77. The zero-order valence-corrected chi connectivity index (χ0v) is 13.4. The van der Waals surface area contributed by atoms with Gasteiger partial charge in [0.05, 0.1) is 4.90 Å². The highest BCUT2D eigenvalue weighted by Crippen LogP contribution is 2.30. The molecule has 0 fully saturated rings. The second-order valence-electron chi connectivity index (χ2n) is 6.12. The largest absolute Gasteiger partial charge is 0.256 e.